The summed E-state index contributed by atoms with van der Waals surface area (Å²) in [5, 5.41) is 2.61. The lowest BCUT2D eigenvalue weighted by atomic mass is 9.98. The highest BCUT2D eigenvalue weighted by Crippen LogP contribution is 2.44. The Hall–Kier alpha value is -2.62. The predicted octanol–water partition coefficient (Wildman–Crippen LogP) is 3.75. The second-order valence-corrected chi connectivity index (χ2v) is 6.38. The molecule has 2 aromatic carbocycles. The fourth-order valence-corrected chi connectivity index (χ4v) is 3.13. The van der Waals surface area contributed by atoms with Crippen LogP contribution in [0.15, 0.2) is 48.5 Å². The van der Waals surface area contributed by atoms with Crippen molar-refractivity contribution in [2.75, 3.05) is 6.61 Å². The van der Waals surface area contributed by atoms with Crippen molar-refractivity contribution in [3.05, 3.63) is 59.7 Å². The highest BCUT2D eigenvalue weighted by atomic mass is 16.5. The summed E-state index contributed by atoms with van der Waals surface area (Å²) in [6, 6.07) is 15.8. The van der Waals surface area contributed by atoms with E-state index in [-0.39, 0.29) is 18.4 Å². The largest absolute Gasteiger partial charge is 0.449 e. The first kappa shape index (κ1) is 16.2. The quantitative estimate of drug-likeness (QED) is 0.853. The van der Waals surface area contributed by atoms with Crippen molar-refractivity contribution < 1.29 is 14.3 Å². The molecule has 1 aliphatic rings. The van der Waals surface area contributed by atoms with Gasteiger partial charge in [-0.05, 0) is 28.2 Å². The molecule has 0 heterocycles. The fraction of sp³-hybridized carbons (Fsp3) is 0.300. The molecule has 0 aromatic heterocycles. The van der Waals surface area contributed by atoms with Crippen LogP contribution in [0, 0.1) is 5.92 Å². The van der Waals surface area contributed by atoms with Crippen molar-refractivity contribution in [2.45, 2.75) is 25.8 Å². The van der Waals surface area contributed by atoms with Crippen molar-refractivity contribution in [3.8, 4) is 11.1 Å². The summed E-state index contributed by atoms with van der Waals surface area (Å²) < 4.78 is 5.41. The number of benzene rings is 2. The molecular weight excluding hydrogens is 302 g/mol. The molecule has 4 heteroatoms. The number of hydrogen-bond donors (Lipinski definition) is 1. The van der Waals surface area contributed by atoms with Crippen molar-refractivity contribution >= 4 is 12.4 Å². The van der Waals surface area contributed by atoms with Crippen LogP contribution in [0.1, 0.15) is 30.9 Å². The average molecular weight is 323 g/mol. The Morgan fingerprint density at radius 3 is 2.12 bits per heavy atom. The molecule has 124 valence electrons. The number of ether oxygens (including phenoxy) is 1. The van der Waals surface area contributed by atoms with E-state index in [4.69, 9.17) is 4.74 Å². The van der Waals surface area contributed by atoms with E-state index in [0.717, 1.165) is 6.29 Å². The molecule has 1 aliphatic carbocycles. The van der Waals surface area contributed by atoms with Crippen LogP contribution in [0.25, 0.3) is 11.1 Å². The monoisotopic (exact) mass is 323 g/mol. The number of aldehydes is 1. The Kier molecular flexibility index (Phi) is 4.65. The minimum absolute atomic E-state index is 0.0249. The van der Waals surface area contributed by atoms with Crippen LogP contribution in [0.4, 0.5) is 4.79 Å². The van der Waals surface area contributed by atoms with E-state index in [1.54, 1.807) is 0 Å². The number of fused-ring (bicyclic) bond motifs is 3. The number of carbonyl (C=O) groups excluding carboxylic acids is 2. The molecule has 0 spiro atoms. The van der Waals surface area contributed by atoms with Crippen molar-refractivity contribution in [1.82, 2.24) is 5.32 Å². The summed E-state index contributed by atoms with van der Waals surface area (Å²) in [6.07, 6.45) is 0.189. The van der Waals surface area contributed by atoms with Gasteiger partial charge in [0.15, 0.2) is 0 Å². The second kappa shape index (κ2) is 6.87. The number of carbonyl (C=O) groups is 2. The molecule has 1 N–H and O–H groups in total. The molecule has 2 aromatic rings. The third kappa shape index (κ3) is 3.04. The van der Waals surface area contributed by atoms with E-state index in [9.17, 15) is 9.59 Å². The molecule has 1 amide bonds. The zero-order valence-corrected chi connectivity index (χ0v) is 13.9. The van der Waals surface area contributed by atoms with Gasteiger partial charge in [0.05, 0.1) is 6.04 Å². The van der Waals surface area contributed by atoms with Gasteiger partial charge in [-0.2, -0.15) is 0 Å². The Morgan fingerprint density at radius 2 is 1.62 bits per heavy atom. The maximum Gasteiger partial charge on any atom is 0.407 e. The van der Waals surface area contributed by atoms with Crippen LogP contribution in [0.2, 0.25) is 0 Å². The zero-order chi connectivity index (χ0) is 17.1. The van der Waals surface area contributed by atoms with Gasteiger partial charge in [-0.3, -0.25) is 0 Å². The van der Waals surface area contributed by atoms with Crippen LogP contribution in [-0.4, -0.2) is 25.0 Å². The number of alkyl carbamates (subject to hydrolysis) is 1. The Morgan fingerprint density at radius 1 is 1.08 bits per heavy atom. The lowest BCUT2D eigenvalue weighted by Gasteiger charge is -2.18. The first-order valence-electron chi connectivity index (χ1n) is 8.18. The van der Waals surface area contributed by atoms with Crippen LogP contribution in [0.5, 0.6) is 0 Å². The van der Waals surface area contributed by atoms with Crippen LogP contribution in [-0.2, 0) is 9.53 Å². The van der Waals surface area contributed by atoms with Gasteiger partial charge in [-0.25, -0.2) is 4.79 Å². The Balaban J connectivity index is 1.74. The van der Waals surface area contributed by atoms with Gasteiger partial charge in [0, 0.05) is 5.92 Å². The molecule has 0 radical (unpaired) electrons. The predicted molar refractivity (Wildman–Crippen MR) is 92.9 cm³/mol. The molecule has 0 fully saturated rings. The molecule has 0 aliphatic heterocycles. The van der Waals surface area contributed by atoms with Crippen LogP contribution >= 0.6 is 0 Å². The summed E-state index contributed by atoms with van der Waals surface area (Å²) in [4.78, 5) is 23.0. The van der Waals surface area contributed by atoms with E-state index >= 15 is 0 Å². The summed E-state index contributed by atoms with van der Waals surface area (Å²) in [5.74, 6) is 0.0554. The molecule has 24 heavy (non-hydrogen) atoms. The smallest absolute Gasteiger partial charge is 0.407 e. The summed E-state index contributed by atoms with van der Waals surface area (Å²) in [7, 11) is 0. The number of hydrogen-bond acceptors (Lipinski definition) is 3. The Labute approximate surface area is 141 Å². The molecule has 1 atom stereocenters. The van der Waals surface area contributed by atoms with Crippen LogP contribution < -0.4 is 5.32 Å². The van der Waals surface area contributed by atoms with E-state index in [1.807, 2.05) is 38.1 Å². The minimum Gasteiger partial charge on any atom is -0.449 e. The molecule has 0 bridgehead atoms. The first-order chi connectivity index (χ1) is 11.6. The maximum atomic E-state index is 12.0. The Bertz CT molecular complexity index is 709. The van der Waals surface area contributed by atoms with Gasteiger partial charge in [-0.1, -0.05) is 62.4 Å². The first-order valence-corrected chi connectivity index (χ1v) is 8.18. The minimum atomic E-state index is -0.553. The van der Waals surface area contributed by atoms with Gasteiger partial charge in [0.25, 0.3) is 0 Å². The van der Waals surface area contributed by atoms with Gasteiger partial charge in [0.2, 0.25) is 0 Å². The maximum absolute atomic E-state index is 12.0. The van der Waals surface area contributed by atoms with Crippen molar-refractivity contribution in [2.24, 2.45) is 5.92 Å². The van der Waals surface area contributed by atoms with Gasteiger partial charge < -0.3 is 14.8 Å². The molecule has 0 unspecified atom stereocenters. The number of amides is 1. The highest BCUT2D eigenvalue weighted by Gasteiger charge is 2.29. The molecule has 0 saturated carbocycles. The molecule has 4 nitrogen and oxygen atoms in total. The fourth-order valence-electron chi connectivity index (χ4n) is 3.13. The standard InChI is InChI=1S/C20H21NO3/c1-13(2)19(11-22)21-20(23)24-12-18-16-9-5-3-7-14(16)15-8-4-6-10-17(15)18/h3-11,13,18-19H,12H2,1-2H3,(H,21,23)/t19-/m1/s1. The topological polar surface area (TPSA) is 55.4 Å². The van der Waals surface area contributed by atoms with Crippen LogP contribution in [0.3, 0.4) is 0 Å². The normalized spacial score (nSPS) is 14.0. The summed E-state index contributed by atoms with van der Waals surface area (Å²) in [5.41, 5.74) is 4.72. The SMILES string of the molecule is CC(C)[C@@H](C=O)NC(=O)OCC1c2ccccc2-c2ccccc21. The average Bonchev–Trinajstić information content (AvgIpc) is 2.91. The lowest BCUT2D eigenvalue weighted by molar-refractivity contribution is -0.110. The lowest BCUT2D eigenvalue weighted by Crippen LogP contribution is -2.40. The second-order valence-electron chi connectivity index (χ2n) is 6.38. The van der Waals surface area contributed by atoms with E-state index in [1.165, 1.54) is 22.3 Å². The van der Waals surface area contributed by atoms with Gasteiger partial charge in [-0.15, -0.1) is 0 Å². The number of rotatable bonds is 5. The van der Waals surface area contributed by atoms with E-state index < -0.39 is 12.1 Å². The molecule has 0 saturated heterocycles. The van der Waals surface area contributed by atoms with Gasteiger partial charge in [0.1, 0.15) is 12.9 Å². The molecular formula is C20H21NO3. The van der Waals surface area contributed by atoms with E-state index in [2.05, 4.69) is 29.6 Å². The van der Waals surface area contributed by atoms with Gasteiger partial charge >= 0.3 is 6.09 Å². The summed E-state index contributed by atoms with van der Waals surface area (Å²) in [6.45, 7) is 4.01. The third-order valence-electron chi connectivity index (χ3n) is 4.49. The van der Waals surface area contributed by atoms with Crippen molar-refractivity contribution in [3.63, 3.8) is 0 Å². The summed E-state index contributed by atoms with van der Waals surface area (Å²) >= 11 is 0. The zero-order valence-electron chi connectivity index (χ0n) is 13.9. The highest BCUT2D eigenvalue weighted by molar-refractivity contribution is 5.79. The van der Waals surface area contributed by atoms with E-state index in [0.29, 0.717) is 0 Å². The van der Waals surface area contributed by atoms with Crippen molar-refractivity contribution in [1.29, 1.82) is 0 Å². The molecule has 3 rings (SSSR count). The number of nitrogens with one attached hydrogen (secondary N) is 1. The third-order valence-corrected chi connectivity index (χ3v) is 4.49.